The van der Waals surface area contributed by atoms with Crippen molar-refractivity contribution in [2.75, 3.05) is 6.54 Å². The molecule has 0 aliphatic carbocycles. The van der Waals surface area contributed by atoms with E-state index in [1.165, 1.54) is 0 Å². The van der Waals surface area contributed by atoms with Crippen LogP contribution in [0.4, 0.5) is 0 Å². The molecular formula is C18H23ClN4. The zero-order chi connectivity index (χ0) is 16.7. The van der Waals surface area contributed by atoms with E-state index in [1.54, 1.807) is 6.20 Å². The van der Waals surface area contributed by atoms with Crippen LogP contribution in [0, 0.1) is 6.92 Å². The van der Waals surface area contributed by atoms with E-state index in [2.05, 4.69) is 47.4 Å². The number of pyridine rings is 1. The highest BCUT2D eigenvalue weighted by molar-refractivity contribution is 6.30. The minimum Gasteiger partial charge on any atom is -0.357 e. The Kier molecular flexibility index (Phi) is 6.41. The lowest BCUT2D eigenvalue weighted by molar-refractivity contribution is 0.685. The number of hydrogen-bond donors (Lipinski definition) is 2. The van der Waals surface area contributed by atoms with Crippen LogP contribution in [0.5, 0.6) is 0 Å². The number of aryl methyl sites for hydroxylation is 1. The molecule has 1 aromatic carbocycles. The first-order chi connectivity index (χ1) is 11.1. The van der Waals surface area contributed by atoms with Crippen LogP contribution >= 0.6 is 11.6 Å². The van der Waals surface area contributed by atoms with Gasteiger partial charge in [-0.3, -0.25) is 4.98 Å². The Morgan fingerprint density at radius 2 is 2.00 bits per heavy atom. The third-order valence-corrected chi connectivity index (χ3v) is 3.82. The third kappa shape index (κ3) is 5.25. The van der Waals surface area contributed by atoms with Crippen molar-refractivity contribution in [3.63, 3.8) is 0 Å². The molecule has 1 atom stereocenters. The van der Waals surface area contributed by atoms with Gasteiger partial charge in [0.25, 0.3) is 0 Å². The molecule has 0 saturated heterocycles. The van der Waals surface area contributed by atoms with Crippen LogP contribution in [-0.2, 0) is 6.54 Å². The molecule has 0 radical (unpaired) electrons. The molecule has 4 nitrogen and oxygen atoms in total. The van der Waals surface area contributed by atoms with Crippen LogP contribution in [0.3, 0.4) is 0 Å². The lowest BCUT2D eigenvalue weighted by Crippen LogP contribution is -2.38. The topological polar surface area (TPSA) is 49.3 Å². The smallest absolute Gasteiger partial charge is 0.192 e. The molecule has 2 N–H and O–H groups in total. The van der Waals surface area contributed by atoms with Crippen molar-refractivity contribution >= 4 is 17.6 Å². The number of hydrogen-bond acceptors (Lipinski definition) is 2. The highest BCUT2D eigenvalue weighted by Crippen LogP contribution is 2.16. The van der Waals surface area contributed by atoms with E-state index in [4.69, 9.17) is 11.6 Å². The number of guanidine groups is 1. The summed E-state index contributed by atoms with van der Waals surface area (Å²) in [6.07, 6.45) is 1.80. The summed E-state index contributed by atoms with van der Waals surface area (Å²) in [7, 11) is 0. The zero-order valence-corrected chi connectivity index (χ0v) is 14.6. The van der Waals surface area contributed by atoms with E-state index in [-0.39, 0.29) is 6.04 Å². The minimum absolute atomic E-state index is 0.134. The van der Waals surface area contributed by atoms with Gasteiger partial charge in [0.1, 0.15) is 0 Å². The predicted molar refractivity (Wildman–Crippen MR) is 96.8 cm³/mol. The van der Waals surface area contributed by atoms with E-state index < -0.39 is 0 Å². The van der Waals surface area contributed by atoms with Crippen LogP contribution in [0.1, 0.15) is 36.7 Å². The molecule has 0 aliphatic rings. The van der Waals surface area contributed by atoms with Gasteiger partial charge < -0.3 is 10.6 Å². The Morgan fingerprint density at radius 1 is 1.26 bits per heavy atom. The second-order valence-corrected chi connectivity index (χ2v) is 5.82. The molecule has 1 heterocycles. The van der Waals surface area contributed by atoms with Crippen molar-refractivity contribution in [3.8, 4) is 0 Å². The summed E-state index contributed by atoms with van der Waals surface area (Å²) in [5, 5.41) is 7.42. The number of aromatic nitrogens is 1. The standard InChI is InChI=1S/C18H23ClN4/c1-4-20-18(22-12-17-13(2)6-5-11-21-17)23-14(3)15-7-9-16(19)10-8-15/h5-11,14H,4,12H2,1-3H3,(H2,20,22,23). The van der Waals surface area contributed by atoms with E-state index >= 15 is 0 Å². The second-order valence-electron chi connectivity index (χ2n) is 5.38. The number of rotatable bonds is 5. The molecule has 1 unspecified atom stereocenters. The maximum Gasteiger partial charge on any atom is 0.192 e. The van der Waals surface area contributed by atoms with Gasteiger partial charge in [-0.2, -0.15) is 0 Å². The van der Waals surface area contributed by atoms with Crippen molar-refractivity contribution in [1.29, 1.82) is 0 Å². The fraction of sp³-hybridized carbons (Fsp3) is 0.333. The van der Waals surface area contributed by atoms with Gasteiger partial charge >= 0.3 is 0 Å². The average Bonchev–Trinajstić information content (AvgIpc) is 2.54. The number of aliphatic imine (C=N–C) groups is 1. The molecule has 5 heteroatoms. The van der Waals surface area contributed by atoms with Gasteiger partial charge in [0.2, 0.25) is 0 Å². The third-order valence-electron chi connectivity index (χ3n) is 3.57. The fourth-order valence-corrected chi connectivity index (χ4v) is 2.32. The summed E-state index contributed by atoms with van der Waals surface area (Å²) in [6, 6.07) is 12.0. The first kappa shape index (κ1) is 17.3. The number of benzene rings is 1. The van der Waals surface area contributed by atoms with Gasteiger partial charge in [-0.25, -0.2) is 4.99 Å². The van der Waals surface area contributed by atoms with Crippen molar-refractivity contribution in [2.24, 2.45) is 4.99 Å². The number of nitrogens with zero attached hydrogens (tertiary/aromatic N) is 2. The van der Waals surface area contributed by atoms with E-state index in [1.807, 2.05) is 30.3 Å². The molecule has 122 valence electrons. The first-order valence-electron chi connectivity index (χ1n) is 7.81. The first-order valence-corrected chi connectivity index (χ1v) is 8.18. The SMILES string of the molecule is CCNC(=NCc1ncccc1C)NC(C)c1ccc(Cl)cc1. The normalized spacial score (nSPS) is 12.8. The molecule has 2 rings (SSSR count). The lowest BCUT2D eigenvalue weighted by atomic mass is 10.1. The van der Waals surface area contributed by atoms with Crippen LogP contribution in [0.25, 0.3) is 0 Å². The molecule has 0 saturated carbocycles. The summed E-state index contributed by atoms with van der Waals surface area (Å²) >= 11 is 5.94. The van der Waals surface area contributed by atoms with Crippen LogP contribution < -0.4 is 10.6 Å². The summed E-state index contributed by atoms with van der Waals surface area (Å²) < 4.78 is 0. The average molecular weight is 331 g/mol. The van der Waals surface area contributed by atoms with Crippen molar-refractivity contribution in [2.45, 2.75) is 33.4 Å². The summed E-state index contributed by atoms with van der Waals surface area (Å²) in [5.74, 6) is 0.778. The molecule has 0 amide bonds. The summed E-state index contributed by atoms with van der Waals surface area (Å²) in [6.45, 7) is 7.56. The summed E-state index contributed by atoms with van der Waals surface area (Å²) in [4.78, 5) is 9.01. The quantitative estimate of drug-likeness (QED) is 0.646. The molecule has 23 heavy (non-hydrogen) atoms. The zero-order valence-electron chi connectivity index (χ0n) is 13.8. The largest absolute Gasteiger partial charge is 0.357 e. The Labute approximate surface area is 143 Å². The summed E-state index contributed by atoms with van der Waals surface area (Å²) in [5.41, 5.74) is 3.30. The maximum atomic E-state index is 5.94. The fourth-order valence-electron chi connectivity index (χ4n) is 2.20. The van der Waals surface area contributed by atoms with Crippen molar-refractivity contribution in [1.82, 2.24) is 15.6 Å². The van der Waals surface area contributed by atoms with Crippen molar-refractivity contribution in [3.05, 3.63) is 64.4 Å². The van der Waals surface area contributed by atoms with Crippen molar-refractivity contribution < 1.29 is 0 Å². The maximum absolute atomic E-state index is 5.94. The van der Waals surface area contributed by atoms with Crippen LogP contribution in [-0.4, -0.2) is 17.5 Å². The number of nitrogens with one attached hydrogen (secondary N) is 2. The van der Waals surface area contributed by atoms with Crippen LogP contribution in [0.2, 0.25) is 5.02 Å². The molecule has 0 spiro atoms. The monoisotopic (exact) mass is 330 g/mol. The minimum atomic E-state index is 0.134. The van der Waals surface area contributed by atoms with Gasteiger partial charge in [-0.1, -0.05) is 29.8 Å². The lowest BCUT2D eigenvalue weighted by Gasteiger charge is -2.18. The van der Waals surface area contributed by atoms with Gasteiger partial charge in [-0.15, -0.1) is 0 Å². The van der Waals surface area contributed by atoms with Gasteiger partial charge in [0.05, 0.1) is 18.3 Å². The van der Waals surface area contributed by atoms with E-state index in [9.17, 15) is 0 Å². The Bertz CT molecular complexity index is 652. The number of halogens is 1. The molecule has 2 aromatic rings. The molecular weight excluding hydrogens is 308 g/mol. The molecule has 1 aromatic heterocycles. The Balaban J connectivity index is 2.07. The highest BCUT2D eigenvalue weighted by atomic mass is 35.5. The van der Waals surface area contributed by atoms with E-state index in [0.29, 0.717) is 6.54 Å². The highest BCUT2D eigenvalue weighted by Gasteiger charge is 2.08. The molecule has 0 aliphatic heterocycles. The Morgan fingerprint density at radius 3 is 2.65 bits per heavy atom. The Hall–Kier alpha value is -2.07. The van der Waals surface area contributed by atoms with Gasteiger partial charge in [0.15, 0.2) is 5.96 Å². The van der Waals surface area contributed by atoms with E-state index in [0.717, 1.165) is 34.3 Å². The van der Waals surface area contributed by atoms with Crippen LogP contribution in [0.15, 0.2) is 47.6 Å². The second kappa shape index (κ2) is 8.53. The molecule has 0 fully saturated rings. The predicted octanol–water partition coefficient (Wildman–Crippen LogP) is 3.86. The van der Waals surface area contributed by atoms with Gasteiger partial charge in [0, 0.05) is 17.8 Å². The van der Waals surface area contributed by atoms with Gasteiger partial charge in [-0.05, 0) is 50.1 Å². The molecule has 0 bridgehead atoms.